The molecule has 0 aromatic rings. The molecule has 0 rings (SSSR count). The zero-order valence-corrected chi connectivity index (χ0v) is 20.3. The molecule has 0 aromatic heterocycles. The fraction of sp³-hybridized carbons (Fsp3) is 0.500. The molecule has 0 spiro atoms. The first-order valence-electron chi connectivity index (χ1n) is 4.14. The van der Waals surface area contributed by atoms with Crippen molar-refractivity contribution >= 4 is 23.7 Å². The van der Waals surface area contributed by atoms with Crippen LogP contribution in [0.1, 0.15) is 25.7 Å². The summed E-state index contributed by atoms with van der Waals surface area (Å²) in [5, 5.41) is 51.0. The van der Waals surface area contributed by atoms with E-state index in [1.54, 1.807) is 0 Å². The topological polar surface area (TPSA) is 174 Å². The maximum Gasteiger partial charge on any atom is 1.00 e. The molecule has 0 amide bonds. The molecule has 0 bridgehead atoms. The standard InChI is InChI=1S/2C4H7NO3.4Na/c2*5-3(6)1-2-4(7)8;;;;/h2*1-2H2,(H2,5,6)(H,7,8);;;;/q;;4*+1/p-4. The molecular weight excluding hydrogens is 312 g/mol. The monoisotopic (exact) mass is 322 g/mol. The van der Waals surface area contributed by atoms with Gasteiger partial charge in [-0.15, -0.1) is 0 Å². The van der Waals surface area contributed by atoms with Crippen LogP contribution in [0.25, 0.3) is 0 Å². The van der Waals surface area contributed by atoms with Gasteiger partial charge in [0, 0.05) is 11.9 Å². The maximum atomic E-state index is 9.72. The quantitative estimate of drug-likeness (QED) is 0.279. The third kappa shape index (κ3) is 50.2. The molecule has 2 N–H and O–H groups in total. The molecule has 0 atom stereocenters. The summed E-state index contributed by atoms with van der Waals surface area (Å²) < 4.78 is 0. The van der Waals surface area contributed by atoms with E-state index in [-0.39, 0.29) is 144 Å². The van der Waals surface area contributed by atoms with Crippen LogP contribution in [0.3, 0.4) is 0 Å². The second kappa shape index (κ2) is 25.8. The van der Waals surface area contributed by atoms with Crippen molar-refractivity contribution in [1.82, 2.24) is 0 Å². The summed E-state index contributed by atoms with van der Waals surface area (Å²) in [6.45, 7) is 0. The smallest absolute Gasteiger partial charge is 0.862 e. The van der Waals surface area contributed by atoms with Gasteiger partial charge in [-0.25, -0.2) is 0 Å². The van der Waals surface area contributed by atoms with Gasteiger partial charge in [0.2, 0.25) is 0 Å². The predicted molar refractivity (Wildman–Crippen MR) is 43.9 cm³/mol. The minimum Gasteiger partial charge on any atom is -0.862 e. The predicted octanol–water partition coefficient (Wildman–Crippen LogP) is -16.3. The van der Waals surface area contributed by atoms with Crippen molar-refractivity contribution in [2.75, 3.05) is 0 Å². The summed E-state index contributed by atoms with van der Waals surface area (Å²) in [6.07, 6.45) is -1.19. The van der Waals surface area contributed by atoms with Crippen LogP contribution in [0, 0.1) is 10.8 Å². The fourth-order valence-corrected chi connectivity index (χ4v) is 0.431. The van der Waals surface area contributed by atoms with Gasteiger partial charge in [-0.05, 0) is 37.5 Å². The molecule has 0 radical (unpaired) electrons. The van der Waals surface area contributed by atoms with Crippen LogP contribution in [-0.2, 0) is 9.59 Å². The molecule has 0 saturated carbocycles. The maximum absolute atomic E-state index is 9.72. The van der Waals surface area contributed by atoms with E-state index in [1.807, 2.05) is 0 Å². The molecule has 0 aliphatic heterocycles. The minimum atomic E-state index is -1.29. The van der Waals surface area contributed by atoms with Crippen LogP contribution >= 0.6 is 0 Å². The Hall–Kier alpha value is 1.88. The number of rotatable bonds is 6. The number of nitrogens with one attached hydrogen (secondary N) is 2. The molecule has 0 saturated heterocycles. The van der Waals surface area contributed by atoms with Crippen LogP contribution in [0.2, 0.25) is 0 Å². The van der Waals surface area contributed by atoms with E-state index in [4.69, 9.17) is 10.8 Å². The van der Waals surface area contributed by atoms with E-state index in [0.717, 1.165) is 0 Å². The second-order valence-electron chi connectivity index (χ2n) is 2.59. The van der Waals surface area contributed by atoms with E-state index in [0.29, 0.717) is 0 Å². The number of aliphatic carboxylic acids is 2. The number of carbonyl (C=O) groups is 2. The molecule has 0 unspecified atom stereocenters. The Morgan fingerprint density at radius 1 is 0.600 bits per heavy atom. The van der Waals surface area contributed by atoms with Gasteiger partial charge in [-0.2, -0.15) is 0 Å². The largest absolute Gasteiger partial charge is 1.00 e. The Morgan fingerprint density at radius 3 is 0.850 bits per heavy atom. The van der Waals surface area contributed by atoms with Gasteiger partial charge in [0.1, 0.15) is 0 Å². The molecule has 92 valence electrons. The van der Waals surface area contributed by atoms with Gasteiger partial charge in [-0.1, -0.05) is 0 Å². The van der Waals surface area contributed by atoms with Crippen molar-refractivity contribution in [1.29, 1.82) is 10.8 Å². The van der Waals surface area contributed by atoms with E-state index >= 15 is 0 Å². The first-order chi connectivity index (χ1) is 7.25. The summed E-state index contributed by atoms with van der Waals surface area (Å²) in [5.41, 5.74) is 0. The average Bonchev–Trinajstić information content (AvgIpc) is 2.12. The minimum absolute atomic E-state index is 0. The molecule has 0 aromatic carbocycles. The van der Waals surface area contributed by atoms with E-state index in [9.17, 15) is 30.0 Å². The zero-order chi connectivity index (χ0) is 13.1. The molecule has 0 aliphatic carbocycles. The number of carboxylic acid groups (broad SMARTS) is 2. The van der Waals surface area contributed by atoms with Crippen molar-refractivity contribution in [3.63, 3.8) is 0 Å². The van der Waals surface area contributed by atoms with Crippen LogP contribution in [0.4, 0.5) is 0 Å². The number of hydrogen-bond acceptors (Lipinski definition) is 8. The molecule has 20 heavy (non-hydrogen) atoms. The molecule has 0 heterocycles. The SMILES string of the molecule is N=C([O-])CCC(=O)[O-].N=C([O-])CCC(=O)[O-].[Na+].[Na+].[Na+].[Na+]. The Labute approximate surface area is 205 Å². The van der Waals surface area contributed by atoms with E-state index < -0.39 is 23.7 Å². The Bertz CT molecular complexity index is 234. The van der Waals surface area contributed by atoms with Crippen LogP contribution < -0.4 is 139 Å². The molecule has 0 aliphatic rings. The van der Waals surface area contributed by atoms with Crippen LogP contribution in [0.5, 0.6) is 0 Å². The van der Waals surface area contributed by atoms with E-state index in [2.05, 4.69) is 0 Å². The summed E-state index contributed by atoms with van der Waals surface area (Å²) in [7, 11) is 0. The van der Waals surface area contributed by atoms with Crippen molar-refractivity contribution in [2.45, 2.75) is 25.7 Å². The van der Waals surface area contributed by atoms with Crippen molar-refractivity contribution in [3.05, 3.63) is 0 Å². The average molecular weight is 322 g/mol. The molecular formula is C8H10N2Na4O6. The first kappa shape index (κ1) is 37.8. The van der Waals surface area contributed by atoms with Crippen LogP contribution in [-0.4, -0.2) is 23.7 Å². The summed E-state index contributed by atoms with van der Waals surface area (Å²) in [4.78, 5) is 19.1. The zero-order valence-electron chi connectivity index (χ0n) is 12.3. The Kier molecular flexibility index (Phi) is 48.8. The second-order valence-corrected chi connectivity index (χ2v) is 2.59. The number of carbonyl (C=O) groups excluding carboxylic acids is 2. The third-order valence-corrected chi connectivity index (χ3v) is 1.11. The van der Waals surface area contributed by atoms with Gasteiger partial charge in [0.05, 0.1) is 0 Å². The van der Waals surface area contributed by atoms with Gasteiger partial charge >= 0.3 is 118 Å². The summed E-state index contributed by atoms with van der Waals surface area (Å²) in [5.74, 6) is -4.31. The number of hydrogen-bond donors (Lipinski definition) is 2. The molecule has 12 heteroatoms. The van der Waals surface area contributed by atoms with Gasteiger partial charge < -0.3 is 40.8 Å². The van der Waals surface area contributed by atoms with Gasteiger partial charge in [0.15, 0.2) is 0 Å². The van der Waals surface area contributed by atoms with Crippen molar-refractivity contribution in [3.8, 4) is 0 Å². The van der Waals surface area contributed by atoms with Crippen molar-refractivity contribution in [2.24, 2.45) is 0 Å². The van der Waals surface area contributed by atoms with Gasteiger partial charge in [-0.3, -0.25) is 0 Å². The summed E-state index contributed by atoms with van der Waals surface area (Å²) >= 11 is 0. The first-order valence-corrected chi connectivity index (χ1v) is 4.14. The van der Waals surface area contributed by atoms with Crippen LogP contribution in [0.15, 0.2) is 0 Å². The third-order valence-electron chi connectivity index (χ3n) is 1.11. The Morgan fingerprint density at radius 2 is 0.800 bits per heavy atom. The summed E-state index contributed by atoms with van der Waals surface area (Å²) in [6, 6.07) is 0. The molecule has 8 nitrogen and oxygen atoms in total. The number of carboxylic acids is 2. The Balaban J connectivity index is -0.0000000408. The van der Waals surface area contributed by atoms with E-state index in [1.165, 1.54) is 0 Å². The normalized spacial score (nSPS) is 6.80. The van der Waals surface area contributed by atoms with Gasteiger partial charge in [0.25, 0.3) is 0 Å². The fourth-order valence-electron chi connectivity index (χ4n) is 0.431. The van der Waals surface area contributed by atoms with Crippen molar-refractivity contribution < 1.29 is 148 Å². The molecule has 0 fully saturated rings.